The molecular weight excluding hydrogens is 466 g/mol. The van der Waals surface area contributed by atoms with Gasteiger partial charge in [-0.05, 0) is 60.5 Å². The number of sulfonamides is 1. The maximum atomic E-state index is 13.1. The molecule has 0 spiro atoms. The number of urea groups is 1. The maximum absolute atomic E-state index is 13.1. The van der Waals surface area contributed by atoms with Crippen LogP contribution in [-0.4, -0.2) is 55.0 Å². The Morgan fingerprint density at radius 1 is 1.03 bits per heavy atom. The Hall–Kier alpha value is -3.47. The van der Waals surface area contributed by atoms with E-state index in [-0.39, 0.29) is 10.9 Å². The highest BCUT2D eigenvalue weighted by molar-refractivity contribution is 7.89. The van der Waals surface area contributed by atoms with E-state index in [2.05, 4.69) is 20.5 Å². The van der Waals surface area contributed by atoms with Gasteiger partial charge in [-0.2, -0.15) is 4.31 Å². The number of anilines is 2. The lowest BCUT2D eigenvalue weighted by Gasteiger charge is -2.35. The summed E-state index contributed by atoms with van der Waals surface area (Å²) < 4.78 is 27.7. The molecule has 1 aromatic heterocycles. The van der Waals surface area contributed by atoms with Crippen molar-refractivity contribution >= 4 is 27.4 Å². The fraction of sp³-hybridized carbons (Fsp3) is 0.280. The Bertz CT molecular complexity index is 1230. The summed E-state index contributed by atoms with van der Waals surface area (Å²) in [7, 11) is -3.64. The third-order valence-electron chi connectivity index (χ3n) is 5.91. The Morgan fingerprint density at radius 2 is 1.71 bits per heavy atom. The number of amides is 2. The second-order valence-corrected chi connectivity index (χ2v) is 10.3. The molecule has 2 heterocycles. The summed E-state index contributed by atoms with van der Waals surface area (Å²) in [6, 6.07) is 17.1. The lowest BCUT2D eigenvalue weighted by Crippen LogP contribution is -2.48. The van der Waals surface area contributed by atoms with Crippen LogP contribution in [0.5, 0.6) is 0 Å². The minimum Gasteiger partial charge on any atom is -0.389 e. The molecule has 0 radical (unpaired) electrons. The number of aliphatic hydroxyl groups excluding tert-OH is 1. The number of nitrogens with one attached hydrogen (secondary N) is 2. The normalized spacial score (nSPS) is 15.4. The van der Waals surface area contributed by atoms with E-state index < -0.39 is 16.1 Å². The van der Waals surface area contributed by atoms with Crippen molar-refractivity contribution in [2.24, 2.45) is 0 Å². The van der Waals surface area contributed by atoms with Crippen LogP contribution in [0, 0.1) is 0 Å². The van der Waals surface area contributed by atoms with Crippen LogP contribution in [0.25, 0.3) is 0 Å². The number of pyridine rings is 1. The summed E-state index contributed by atoms with van der Waals surface area (Å²) in [4.78, 5) is 18.5. The predicted octanol–water partition coefficient (Wildman–Crippen LogP) is 2.97. The van der Waals surface area contributed by atoms with Crippen molar-refractivity contribution in [2.75, 3.05) is 36.4 Å². The number of carbonyl (C=O) groups excluding carboxylic acids is 1. The first-order valence-corrected chi connectivity index (χ1v) is 12.8. The fourth-order valence-electron chi connectivity index (χ4n) is 3.87. The number of aliphatic hydroxyl groups is 1. The van der Waals surface area contributed by atoms with Crippen LogP contribution in [0.2, 0.25) is 0 Å². The van der Waals surface area contributed by atoms with E-state index >= 15 is 0 Å². The van der Waals surface area contributed by atoms with E-state index in [4.69, 9.17) is 0 Å². The molecule has 1 atom stereocenters. The van der Waals surface area contributed by atoms with Crippen LogP contribution < -0.4 is 15.5 Å². The SMILES string of the molecule is CC(O)c1ccc(N2CCN(S(=O)(=O)c3ccc(NC(=O)NCc4cccnc4)cc3)CC2)cc1. The summed E-state index contributed by atoms with van der Waals surface area (Å²) in [6.45, 7) is 3.95. The molecule has 4 rings (SSSR count). The summed E-state index contributed by atoms with van der Waals surface area (Å²) in [5, 5.41) is 15.1. The maximum Gasteiger partial charge on any atom is 0.319 e. The smallest absolute Gasteiger partial charge is 0.319 e. The first-order chi connectivity index (χ1) is 16.8. The van der Waals surface area contributed by atoms with Gasteiger partial charge in [0.2, 0.25) is 10.0 Å². The van der Waals surface area contributed by atoms with Gasteiger partial charge in [0.05, 0.1) is 11.0 Å². The monoisotopic (exact) mass is 495 g/mol. The highest BCUT2D eigenvalue weighted by Crippen LogP contribution is 2.24. The lowest BCUT2D eigenvalue weighted by molar-refractivity contribution is 0.199. The van der Waals surface area contributed by atoms with E-state index in [9.17, 15) is 18.3 Å². The van der Waals surface area contributed by atoms with Crippen molar-refractivity contribution < 1.29 is 18.3 Å². The second-order valence-electron chi connectivity index (χ2n) is 8.35. The highest BCUT2D eigenvalue weighted by Gasteiger charge is 2.28. The first kappa shape index (κ1) is 24.6. The van der Waals surface area contributed by atoms with Gasteiger partial charge in [0.25, 0.3) is 0 Å². The van der Waals surface area contributed by atoms with Crippen molar-refractivity contribution in [3.05, 3.63) is 84.2 Å². The number of benzene rings is 2. The molecule has 10 heteroatoms. The van der Waals surface area contributed by atoms with Crippen LogP contribution in [0.15, 0.2) is 78.0 Å². The summed E-state index contributed by atoms with van der Waals surface area (Å²) in [5.74, 6) is 0. The zero-order valence-corrected chi connectivity index (χ0v) is 20.3. The molecule has 1 aliphatic rings. The Kier molecular flexibility index (Phi) is 7.64. The van der Waals surface area contributed by atoms with Crippen LogP contribution in [0.4, 0.5) is 16.2 Å². The van der Waals surface area contributed by atoms with Crippen LogP contribution in [0.3, 0.4) is 0 Å². The van der Waals surface area contributed by atoms with Gasteiger partial charge in [0.1, 0.15) is 0 Å². The van der Waals surface area contributed by atoms with Gasteiger partial charge < -0.3 is 20.6 Å². The van der Waals surface area contributed by atoms with Gasteiger partial charge >= 0.3 is 6.03 Å². The molecule has 1 aliphatic heterocycles. The van der Waals surface area contributed by atoms with Crippen LogP contribution in [0.1, 0.15) is 24.2 Å². The Balaban J connectivity index is 1.31. The molecule has 1 fully saturated rings. The number of hydrogen-bond acceptors (Lipinski definition) is 6. The lowest BCUT2D eigenvalue weighted by atomic mass is 10.1. The average molecular weight is 496 g/mol. The molecule has 35 heavy (non-hydrogen) atoms. The van der Waals surface area contributed by atoms with Crippen LogP contribution >= 0.6 is 0 Å². The van der Waals surface area contributed by atoms with Gasteiger partial charge in [0.15, 0.2) is 0 Å². The predicted molar refractivity (Wildman–Crippen MR) is 135 cm³/mol. The average Bonchev–Trinajstić information content (AvgIpc) is 2.88. The molecular formula is C25H29N5O4S. The number of piperazine rings is 1. The van der Waals surface area contributed by atoms with Gasteiger partial charge in [0, 0.05) is 56.5 Å². The van der Waals surface area contributed by atoms with E-state index in [1.165, 1.54) is 16.4 Å². The van der Waals surface area contributed by atoms with Crippen molar-refractivity contribution in [1.29, 1.82) is 0 Å². The second kappa shape index (κ2) is 10.9. The van der Waals surface area contributed by atoms with Crippen LogP contribution in [-0.2, 0) is 16.6 Å². The third kappa shape index (κ3) is 6.16. The molecule has 2 amide bonds. The number of aromatic nitrogens is 1. The van der Waals surface area contributed by atoms with Gasteiger partial charge in [-0.15, -0.1) is 0 Å². The summed E-state index contributed by atoms with van der Waals surface area (Å²) >= 11 is 0. The largest absolute Gasteiger partial charge is 0.389 e. The topological polar surface area (TPSA) is 115 Å². The third-order valence-corrected chi connectivity index (χ3v) is 7.82. The van der Waals surface area contributed by atoms with Gasteiger partial charge in [-0.25, -0.2) is 13.2 Å². The van der Waals surface area contributed by atoms with Crippen molar-refractivity contribution in [3.8, 4) is 0 Å². The molecule has 9 nitrogen and oxygen atoms in total. The number of nitrogens with zero attached hydrogens (tertiary/aromatic N) is 3. The van der Waals surface area contributed by atoms with Crippen molar-refractivity contribution in [1.82, 2.24) is 14.6 Å². The first-order valence-electron chi connectivity index (χ1n) is 11.4. The van der Waals surface area contributed by atoms with Crippen molar-refractivity contribution in [3.63, 3.8) is 0 Å². The molecule has 3 N–H and O–H groups in total. The molecule has 0 bridgehead atoms. The van der Waals surface area contributed by atoms with Gasteiger partial charge in [-0.3, -0.25) is 4.98 Å². The highest BCUT2D eigenvalue weighted by atomic mass is 32.2. The number of carbonyl (C=O) groups is 1. The minimum atomic E-state index is -3.64. The van der Waals surface area contributed by atoms with E-state index in [1.54, 1.807) is 37.5 Å². The standard InChI is InChI=1S/C25H29N5O4S/c1-19(31)21-4-8-23(9-5-21)29-13-15-30(16-14-29)35(33,34)24-10-6-22(7-11-24)28-25(32)27-18-20-3-2-12-26-17-20/h2-12,17,19,31H,13-16,18H2,1H3,(H2,27,28,32). The molecule has 1 unspecified atom stereocenters. The quantitative estimate of drug-likeness (QED) is 0.464. The molecule has 2 aromatic carbocycles. The summed E-state index contributed by atoms with van der Waals surface area (Å²) in [5.41, 5.74) is 3.22. The fourth-order valence-corrected chi connectivity index (χ4v) is 5.29. The Labute approximate surface area is 205 Å². The molecule has 0 aliphatic carbocycles. The zero-order chi connectivity index (χ0) is 24.8. The molecule has 3 aromatic rings. The summed E-state index contributed by atoms with van der Waals surface area (Å²) in [6.07, 6.45) is 2.82. The number of hydrogen-bond donors (Lipinski definition) is 3. The van der Waals surface area contributed by atoms with E-state index in [0.717, 1.165) is 16.8 Å². The number of rotatable bonds is 7. The minimum absolute atomic E-state index is 0.188. The van der Waals surface area contributed by atoms with Gasteiger partial charge in [-0.1, -0.05) is 18.2 Å². The molecule has 1 saturated heterocycles. The Morgan fingerprint density at radius 3 is 2.31 bits per heavy atom. The van der Waals surface area contributed by atoms with E-state index in [1.807, 2.05) is 30.3 Å². The van der Waals surface area contributed by atoms with Crippen molar-refractivity contribution in [2.45, 2.75) is 24.5 Å². The molecule has 0 saturated carbocycles. The van der Waals surface area contributed by atoms with E-state index in [0.29, 0.717) is 38.4 Å². The molecule has 184 valence electrons. The zero-order valence-electron chi connectivity index (χ0n) is 19.5.